The van der Waals surface area contributed by atoms with E-state index >= 15 is 0 Å². The molecule has 1 saturated carbocycles. The van der Waals surface area contributed by atoms with Crippen molar-refractivity contribution in [2.24, 2.45) is 5.41 Å². The van der Waals surface area contributed by atoms with Crippen molar-refractivity contribution in [3.63, 3.8) is 0 Å². The van der Waals surface area contributed by atoms with Crippen molar-refractivity contribution in [1.82, 2.24) is 9.21 Å². The predicted octanol–water partition coefficient (Wildman–Crippen LogP) is 6.12. The Morgan fingerprint density at radius 2 is 1.79 bits per heavy atom. The SMILES string of the molecule is C[C@@H](CCN(C)S(=O)(=O)C1CC1)N1C(=O)[C@](C)(CCC(=O)O)C[C@H](c2cccc(Cl)c2)[C@H]1c1ccc(Cl)cc1. The van der Waals surface area contributed by atoms with Gasteiger partial charge in [-0.1, -0.05) is 54.4 Å². The molecule has 1 aliphatic heterocycles. The van der Waals surface area contributed by atoms with Gasteiger partial charge >= 0.3 is 5.97 Å². The molecule has 2 fully saturated rings. The van der Waals surface area contributed by atoms with E-state index < -0.39 is 21.4 Å². The average molecular weight is 596 g/mol. The first-order valence-electron chi connectivity index (χ1n) is 13.3. The Balaban J connectivity index is 1.75. The lowest BCUT2D eigenvalue weighted by Crippen LogP contribution is -2.55. The number of hydrogen-bond donors (Lipinski definition) is 1. The first-order chi connectivity index (χ1) is 18.3. The highest BCUT2D eigenvalue weighted by Crippen LogP contribution is 2.52. The first kappa shape index (κ1) is 29.8. The van der Waals surface area contributed by atoms with Gasteiger partial charge in [-0.3, -0.25) is 9.59 Å². The van der Waals surface area contributed by atoms with Gasteiger partial charge in [0, 0.05) is 47.4 Å². The van der Waals surface area contributed by atoms with Crippen LogP contribution in [0.3, 0.4) is 0 Å². The van der Waals surface area contributed by atoms with Gasteiger partial charge in [0.1, 0.15) is 0 Å². The lowest BCUT2D eigenvalue weighted by atomic mass is 9.66. The van der Waals surface area contributed by atoms with Gasteiger partial charge in [0.05, 0.1) is 11.3 Å². The van der Waals surface area contributed by atoms with Crippen molar-refractivity contribution in [3.8, 4) is 0 Å². The van der Waals surface area contributed by atoms with Gasteiger partial charge < -0.3 is 10.0 Å². The largest absolute Gasteiger partial charge is 0.481 e. The van der Waals surface area contributed by atoms with Gasteiger partial charge in [-0.25, -0.2) is 12.7 Å². The molecule has 0 radical (unpaired) electrons. The van der Waals surface area contributed by atoms with Crippen molar-refractivity contribution in [1.29, 1.82) is 0 Å². The van der Waals surface area contributed by atoms with Crippen LogP contribution >= 0.6 is 23.2 Å². The number of likely N-dealkylation sites (tertiary alicyclic amines) is 1. The molecule has 2 aromatic carbocycles. The molecule has 1 heterocycles. The van der Waals surface area contributed by atoms with Gasteiger partial charge in [0.2, 0.25) is 15.9 Å². The number of halogens is 2. The van der Waals surface area contributed by atoms with Gasteiger partial charge in [-0.15, -0.1) is 0 Å². The number of amides is 1. The minimum Gasteiger partial charge on any atom is -0.481 e. The summed E-state index contributed by atoms with van der Waals surface area (Å²) in [7, 11) is -1.74. The molecule has 212 valence electrons. The highest BCUT2D eigenvalue weighted by Gasteiger charge is 2.51. The van der Waals surface area contributed by atoms with E-state index in [0.717, 1.165) is 11.1 Å². The maximum Gasteiger partial charge on any atom is 0.303 e. The van der Waals surface area contributed by atoms with Crippen LogP contribution in [-0.4, -0.2) is 59.5 Å². The molecular formula is C29H36Cl2N2O5S. The molecule has 0 aromatic heterocycles. The van der Waals surface area contributed by atoms with Gasteiger partial charge in [-0.2, -0.15) is 0 Å². The lowest BCUT2D eigenvalue weighted by molar-refractivity contribution is -0.155. The summed E-state index contributed by atoms with van der Waals surface area (Å²) in [6, 6.07) is 14.3. The quantitative estimate of drug-likeness (QED) is 0.338. The summed E-state index contributed by atoms with van der Waals surface area (Å²) in [5, 5.41) is 10.3. The van der Waals surface area contributed by atoms with E-state index in [1.807, 2.05) is 49.1 Å². The number of sulfonamides is 1. The second-order valence-corrected chi connectivity index (χ2v) is 14.4. The highest BCUT2D eigenvalue weighted by molar-refractivity contribution is 7.90. The number of carboxylic acid groups (broad SMARTS) is 1. The first-order valence-corrected chi connectivity index (χ1v) is 15.6. The van der Waals surface area contributed by atoms with Gasteiger partial charge in [0.15, 0.2) is 0 Å². The van der Waals surface area contributed by atoms with Crippen LogP contribution in [0, 0.1) is 5.41 Å². The van der Waals surface area contributed by atoms with Crippen molar-refractivity contribution < 1.29 is 23.1 Å². The normalized spacial score (nSPS) is 24.7. The van der Waals surface area contributed by atoms with E-state index in [2.05, 4.69) is 0 Å². The Morgan fingerprint density at radius 1 is 1.13 bits per heavy atom. The molecule has 0 spiro atoms. The molecule has 2 aliphatic rings. The average Bonchev–Trinajstić information content (AvgIpc) is 3.74. The number of rotatable bonds is 11. The molecular weight excluding hydrogens is 559 g/mol. The van der Waals surface area contributed by atoms with Crippen LogP contribution in [0.25, 0.3) is 0 Å². The summed E-state index contributed by atoms with van der Waals surface area (Å²) in [5.74, 6) is -1.24. The molecule has 2 aromatic rings. The summed E-state index contributed by atoms with van der Waals surface area (Å²) < 4.78 is 26.9. The molecule has 4 atom stereocenters. The second-order valence-electron chi connectivity index (χ2n) is 11.2. The maximum absolute atomic E-state index is 14.3. The number of carboxylic acids is 1. The number of nitrogens with zero attached hydrogens (tertiary/aromatic N) is 2. The third-order valence-corrected chi connectivity index (χ3v) is 11.1. The number of piperidine rings is 1. The molecule has 1 amide bonds. The van der Waals surface area contributed by atoms with Crippen LogP contribution in [0.15, 0.2) is 48.5 Å². The second kappa shape index (κ2) is 11.8. The molecule has 1 N–H and O–H groups in total. The minimum absolute atomic E-state index is 0.123. The van der Waals surface area contributed by atoms with E-state index in [-0.39, 0.29) is 48.5 Å². The number of hydrogen-bond acceptors (Lipinski definition) is 4. The molecule has 4 rings (SSSR count). The zero-order chi connectivity index (χ0) is 28.5. The number of carbonyl (C=O) groups is 2. The van der Waals surface area contributed by atoms with Crippen LogP contribution in [0.1, 0.15) is 75.5 Å². The van der Waals surface area contributed by atoms with Gasteiger partial charge in [0.25, 0.3) is 0 Å². The van der Waals surface area contributed by atoms with Crippen LogP contribution in [0.4, 0.5) is 0 Å². The highest BCUT2D eigenvalue weighted by atomic mass is 35.5. The summed E-state index contributed by atoms with van der Waals surface area (Å²) in [5.41, 5.74) is 0.945. The van der Waals surface area contributed by atoms with Crippen LogP contribution in [0.2, 0.25) is 10.0 Å². The fraction of sp³-hybridized carbons (Fsp3) is 0.517. The third-order valence-electron chi connectivity index (χ3n) is 8.20. The Labute approximate surface area is 241 Å². The van der Waals surface area contributed by atoms with E-state index in [1.54, 1.807) is 25.2 Å². The van der Waals surface area contributed by atoms with E-state index in [1.165, 1.54) is 4.31 Å². The summed E-state index contributed by atoms with van der Waals surface area (Å²) >= 11 is 12.6. The van der Waals surface area contributed by atoms with E-state index in [9.17, 15) is 23.1 Å². The summed E-state index contributed by atoms with van der Waals surface area (Å²) in [6.07, 6.45) is 2.34. The molecule has 0 bridgehead atoms. The Hall–Kier alpha value is -2.13. The smallest absolute Gasteiger partial charge is 0.303 e. The Bertz CT molecular complexity index is 1320. The minimum atomic E-state index is -3.34. The maximum atomic E-state index is 14.3. The van der Waals surface area contributed by atoms with Gasteiger partial charge in [-0.05, 0) is 74.4 Å². The zero-order valence-electron chi connectivity index (χ0n) is 22.5. The number of carbonyl (C=O) groups excluding carboxylic acids is 1. The summed E-state index contributed by atoms with van der Waals surface area (Å²) in [6.45, 7) is 4.07. The molecule has 1 saturated heterocycles. The fourth-order valence-electron chi connectivity index (χ4n) is 5.73. The molecule has 7 nitrogen and oxygen atoms in total. The van der Waals surface area contributed by atoms with Crippen molar-refractivity contribution in [2.75, 3.05) is 13.6 Å². The van der Waals surface area contributed by atoms with Crippen LogP contribution in [0.5, 0.6) is 0 Å². The zero-order valence-corrected chi connectivity index (χ0v) is 24.8. The van der Waals surface area contributed by atoms with Crippen molar-refractivity contribution in [3.05, 3.63) is 69.7 Å². The molecule has 1 aliphatic carbocycles. The Morgan fingerprint density at radius 3 is 2.38 bits per heavy atom. The van der Waals surface area contributed by atoms with Crippen molar-refractivity contribution in [2.45, 2.75) is 75.6 Å². The van der Waals surface area contributed by atoms with Crippen LogP contribution in [-0.2, 0) is 19.6 Å². The predicted molar refractivity (Wildman–Crippen MR) is 153 cm³/mol. The van der Waals surface area contributed by atoms with Crippen molar-refractivity contribution >= 4 is 45.1 Å². The van der Waals surface area contributed by atoms with Crippen LogP contribution < -0.4 is 0 Å². The molecule has 0 unspecified atom stereocenters. The third kappa shape index (κ3) is 6.62. The standard InChI is InChI=1S/C29H36Cl2N2O5S/c1-19(14-16-32(3)39(37,38)24-11-12-24)33-27(20-7-9-22(30)10-8-20)25(21-5-4-6-23(31)17-21)18-29(2,28(33)36)15-13-26(34)35/h4-10,17,19,24-25,27H,11-16,18H2,1-3H3,(H,34,35)/t19-,25+,27+,29+/m0/s1. The Kier molecular flexibility index (Phi) is 9.01. The number of benzene rings is 2. The van der Waals surface area contributed by atoms with E-state index in [4.69, 9.17) is 23.2 Å². The monoisotopic (exact) mass is 594 g/mol. The topological polar surface area (TPSA) is 95.0 Å². The summed E-state index contributed by atoms with van der Waals surface area (Å²) in [4.78, 5) is 27.7. The molecule has 39 heavy (non-hydrogen) atoms. The number of aliphatic carboxylic acids is 1. The molecule has 10 heteroatoms. The fourth-order valence-corrected chi connectivity index (χ4v) is 7.65. The van der Waals surface area contributed by atoms with E-state index in [0.29, 0.717) is 35.7 Å². The lowest BCUT2D eigenvalue weighted by Gasteiger charge is -2.52.